The number of aryl methyl sites for hydroxylation is 3. The fourth-order valence-corrected chi connectivity index (χ4v) is 3.72. The van der Waals surface area contributed by atoms with Crippen LogP contribution in [-0.4, -0.2) is 26.4 Å². The van der Waals surface area contributed by atoms with Crippen molar-refractivity contribution < 1.29 is 13.2 Å². The minimum Gasteiger partial charge on any atom is -0.350 e. The number of amides is 1. The van der Waals surface area contributed by atoms with Gasteiger partial charge in [0.25, 0.3) is 0 Å². The van der Waals surface area contributed by atoms with Crippen molar-refractivity contribution in [2.24, 2.45) is 0 Å². The SMILES string of the molecule is Cc1cc(C)c(S(=O)(=O)NCC(=O)NC(C)(C)C)c(C)c1. The van der Waals surface area contributed by atoms with E-state index in [0.717, 1.165) is 5.56 Å². The third kappa shape index (κ3) is 5.13. The molecule has 1 amide bonds. The zero-order valence-electron chi connectivity index (χ0n) is 13.5. The summed E-state index contributed by atoms with van der Waals surface area (Å²) in [4.78, 5) is 12.0. The van der Waals surface area contributed by atoms with Gasteiger partial charge in [-0.15, -0.1) is 0 Å². The first kappa shape index (κ1) is 17.7. The Hall–Kier alpha value is -1.40. The van der Waals surface area contributed by atoms with E-state index in [9.17, 15) is 13.2 Å². The molecule has 0 unspecified atom stereocenters. The molecule has 0 aromatic heterocycles. The molecule has 0 spiro atoms. The second-order valence-corrected chi connectivity index (χ2v) is 8.05. The van der Waals surface area contributed by atoms with Gasteiger partial charge in [-0.2, -0.15) is 0 Å². The molecular weight excluding hydrogens is 288 g/mol. The summed E-state index contributed by atoms with van der Waals surface area (Å²) in [7, 11) is -3.70. The van der Waals surface area contributed by atoms with Gasteiger partial charge in [0.1, 0.15) is 0 Å². The van der Waals surface area contributed by atoms with E-state index in [2.05, 4.69) is 10.0 Å². The lowest BCUT2D eigenvalue weighted by Crippen LogP contribution is -2.45. The molecule has 118 valence electrons. The van der Waals surface area contributed by atoms with Gasteiger partial charge in [0.15, 0.2) is 0 Å². The molecule has 0 aliphatic rings. The van der Waals surface area contributed by atoms with Gasteiger partial charge in [-0.1, -0.05) is 17.7 Å². The minimum atomic E-state index is -3.70. The molecule has 1 aromatic rings. The molecule has 21 heavy (non-hydrogen) atoms. The van der Waals surface area contributed by atoms with Gasteiger partial charge in [0, 0.05) is 5.54 Å². The maximum Gasteiger partial charge on any atom is 0.241 e. The average molecular weight is 312 g/mol. The number of benzene rings is 1. The molecular formula is C15H24N2O3S. The van der Waals surface area contributed by atoms with Crippen LogP contribution in [0.15, 0.2) is 17.0 Å². The zero-order chi connectivity index (χ0) is 16.4. The lowest BCUT2D eigenvalue weighted by Gasteiger charge is -2.21. The predicted octanol–water partition coefficient (Wildman–Crippen LogP) is 1.80. The average Bonchev–Trinajstić information content (AvgIpc) is 2.22. The molecule has 1 rings (SSSR count). The molecule has 0 heterocycles. The molecule has 0 aliphatic carbocycles. The van der Waals surface area contributed by atoms with E-state index in [4.69, 9.17) is 0 Å². The maximum atomic E-state index is 12.4. The van der Waals surface area contributed by atoms with Crippen molar-refractivity contribution in [1.82, 2.24) is 10.0 Å². The van der Waals surface area contributed by atoms with Gasteiger partial charge in [0.2, 0.25) is 15.9 Å². The van der Waals surface area contributed by atoms with E-state index in [1.54, 1.807) is 13.8 Å². The topological polar surface area (TPSA) is 75.3 Å². The van der Waals surface area contributed by atoms with Crippen LogP contribution in [0, 0.1) is 20.8 Å². The van der Waals surface area contributed by atoms with E-state index in [1.807, 2.05) is 39.8 Å². The highest BCUT2D eigenvalue weighted by Gasteiger charge is 2.21. The maximum absolute atomic E-state index is 12.4. The lowest BCUT2D eigenvalue weighted by atomic mass is 10.1. The Balaban J connectivity index is 2.91. The number of carbonyl (C=O) groups is 1. The number of hydrogen-bond donors (Lipinski definition) is 2. The number of sulfonamides is 1. The standard InChI is InChI=1S/C15H24N2O3S/c1-10-7-11(2)14(12(3)8-10)21(19,20)16-9-13(18)17-15(4,5)6/h7-8,16H,9H2,1-6H3,(H,17,18). The molecule has 0 bridgehead atoms. The number of hydrogen-bond acceptors (Lipinski definition) is 3. The van der Waals surface area contributed by atoms with Crippen molar-refractivity contribution in [3.8, 4) is 0 Å². The molecule has 0 aliphatic heterocycles. The molecule has 2 N–H and O–H groups in total. The first-order valence-corrected chi connectivity index (χ1v) is 8.29. The summed E-state index contributed by atoms with van der Waals surface area (Å²) in [5.41, 5.74) is 1.97. The first-order chi connectivity index (χ1) is 9.42. The van der Waals surface area contributed by atoms with Crippen LogP contribution in [0.4, 0.5) is 0 Å². The molecule has 1 aromatic carbocycles. The Morgan fingerprint density at radius 2 is 1.57 bits per heavy atom. The van der Waals surface area contributed by atoms with Gasteiger partial charge in [0.05, 0.1) is 11.4 Å². The molecule has 0 saturated carbocycles. The normalized spacial score (nSPS) is 12.3. The van der Waals surface area contributed by atoms with Crippen LogP contribution in [0.2, 0.25) is 0 Å². The fourth-order valence-electron chi connectivity index (χ4n) is 2.29. The van der Waals surface area contributed by atoms with Crippen molar-refractivity contribution in [2.45, 2.75) is 52.0 Å². The van der Waals surface area contributed by atoms with Gasteiger partial charge in [-0.3, -0.25) is 4.79 Å². The van der Waals surface area contributed by atoms with Crippen molar-refractivity contribution in [2.75, 3.05) is 6.54 Å². The van der Waals surface area contributed by atoms with Crippen molar-refractivity contribution in [1.29, 1.82) is 0 Å². The number of nitrogens with one attached hydrogen (secondary N) is 2. The predicted molar refractivity (Wildman–Crippen MR) is 83.7 cm³/mol. The molecule has 0 saturated heterocycles. The monoisotopic (exact) mass is 312 g/mol. The largest absolute Gasteiger partial charge is 0.350 e. The summed E-state index contributed by atoms with van der Waals surface area (Å²) < 4.78 is 27.1. The van der Waals surface area contributed by atoms with Gasteiger partial charge >= 0.3 is 0 Å². The Kier molecular flexibility index (Phi) is 5.17. The van der Waals surface area contributed by atoms with Gasteiger partial charge in [-0.25, -0.2) is 13.1 Å². The van der Waals surface area contributed by atoms with Crippen LogP contribution < -0.4 is 10.0 Å². The van der Waals surface area contributed by atoms with Crippen LogP contribution in [0.25, 0.3) is 0 Å². The zero-order valence-corrected chi connectivity index (χ0v) is 14.3. The van der Waals surface area contributed by atoms with Crippen LogP contribution >= 0.6 is 0 Å². The first-order valence-electron chi connectivity index (χ1n) is 6.81. The van der Waals surface area contributed by atoms with Crippen molar-refractivity contribution in [3.63, 3.8) is 0 Å². The summed E-state index contributed by atoms with van der Waals surface area (Å²) in [6.07, 6.45) is 0. The Labute approximate surface area is 127 Å². The van der Waals surface area contributed by atoms with E-state index < -0.39 is 15.6 Å². The van der Waals surface area contributed by atoms with Crippen LogP contribution in [0.1, 0.15) is 37.5 Å². The third-order valence-corrected chi connectivity index (χ3v) is 4.52. The van der Waals surface area contributed by atoms with Gasteiger partial charge < -0.3 is 5.32 Å². The fraction of sp³-hybridized carbons (Fsp3) is 0.533. The summed E-state index contributed by atoms with van der Waals surface area (Å²) in [5, 5.41) is 2.72. The van der Waals surface area contributed by atoms with Crippen LogP contribution in [0.5, 0.6) is 0 Å². The summed E-state index contributed by atoms with van der Waals surface area (Å²) in [6.45, 7) is 10.7. The smallest absolute Gasteiger partial charge is 0.241 e. The second kappa shape index (κ2) is 6.15. The third-order valence-electron chi connectivity index (χ3n) is 2.81. The molecule has 6 heteroatoms. The van der Waals surface area contributed by atoms with E-state index in [1.165, 1.54) is 0 Å². The highest BCUT2D eigenvalue weighted by atomic mass is 32.2. The molecule has 5 nitrogen and oxygen atoms in total. The molecule has 0 fully saturated rings. The number of rotatable bonds is 4. The second-order valence-electron chi connectivity index (χ2n) is 6.35. The quantitative estimate of drug-likeness (QED) is 0.890. The van der Waals surface area contributed by atoms with Crippen LogP contribution in [0.3, 0.4) is 0 Å². The van der Waals surface area contributed by atoms with E-state index >= 15 is 0 Å². The summed E-state index contributed by atoms with van der Waals surface area (Å²) >= 11 is 0. The number of carbonyl (C=O) groups excluding carboxylic acids is 1. The highest BCUT2D eigenvalue weighted by Crippen LogP contribution is 2.21. The molecule has 0 radical (unpaired) electrons. The Bertz CT molecular complexity index is 620. The van der Waals surface area contributed by atoms with Crippen molar-refractivity contribution in [3.05, 3.63) is 28.8 Å². The lowest BCUT2D eigenvalue weighted by molar-refractivity contribution is -0.121. The van der Waals surface area contributed by atoms with E-state index in [-0.39, 0.29) is 17.3 Å². The van der Waals surface area contributed by atoms with Crippen molar-refractivity contribution >= 4 is 15.9 Å². The summed E-state index contributed by atoms with van der Waals surface area (Å²) in [5.74, 6) is -0.353. The summed E-state index contributed by atoms with van der Waals surface area (Å²) in [6, 6.07) is 3.63. The van der Waals surface area contributed by atoms with Crippen LogP contribution in [-0.2, 0) is 14.8 Å². The molecule has 0 atom stereocenters. The minimum absolute atomic E-state index is 0.247. The highest BCUT2D eigenvalue weighted by molar-refractivity contribution is 7.89. The Morgan fingerprint density at radius 1 is 1.10 bits per heavy atom. The van der Waals surface area contributed by atoms with Gasteiger partial charge in [-0.05, 0) is 52.7 Å². The van der Waals surface area contributed by atoms with E-state index in [0.29, 0.717) is 11.1 Å². The Morgan fingerprint density at radius 3 is 2.00 bits per heavy atom.